The van der Waals surface area contributed by atoms with Gasteiger partial charge in [0.1, 0.15) is 0 Å². The third kappa shape index (κ3) is 3.76. The molecule has 2 heterocycles. The lowest BCUT2D eigenvalue weighted by Gasteiger charge is -2.07. The summed E-state index contributed by atoms with van der Waals surface area (Å²) in [6.07, 6.45) is 0.987. The Kier molecular flexibility index (Phi) is 5.35. The summed E-state index contributed by atoms with van der Waals surface area (Å²) in [6.45, 7) is 5.05. The zero-order chi connectivity index (χ0) is 16.2. The van der Waals surface area contributed by atoms with E-state index in [-0.39, 0.29) is 0 Å². The van der Waals surface area contributed by atoms with Gasteiger partial charge in [0.15, 0.2) is 11.0 Å². The van der Waals surface area contributed by atoms with Crippen molar-refractivity contribution >= 4 is 34.7 Å². The lowest BCUT2D eigenvalue weighted by atomic mass is 10.2. The number of rotatable bonds is 6. The van der Waals surface area contributed by atoms with Gasteiger partial charge >= 0.3 is 0 Å². The summed E-state index contributed by atoms with van der Waals surface area (Å²) in [5, 5.41) is 13.6. The minimum absolute atomic E-state index is 0.723. The molecule has 0 spiro atoms. The van der Waals surface area contributed by atoms with Crippen molar-refractivity contribution in [2.45, 2.75) is 37.7 Å². The van der Waals surface area contributed by atoms with E-state index in [1.807, 2.05) is 24.3 Å². The molecule has 1 aromatic carbocycles. The molecule has 0 unspecified atom stereocenters. The van der Waals surface area contributed by atoms with E-state index in [2.05, 4.69) is 39.0 Å². The van der Waals surface area contributed by atoms with Crippen LogP contribution < -0.4 is 0 Å². The summed E-state index contributed by atoms with van der Waals surface area (Å²) < 4.78 is 2.13. The van der Waals surface area contributed by atoms with Crippen molar-refractivity contribution in [2.24, 2.45) is 0 Å². The van der Waals surface area contributed by atoms with Gasteiger partial charge < -0.3 is 4.57 Å². The summed E-state index contributed by atoms with van der Waals surface area (Å²) in [7, 11) is 0. The molecule has 4 nitrogen and oxygen atoms in total. The predicted molar refractivity (Wildman–Crippen MR) is 97.2 cm³/mol. The fraction of sp³-hybridized carbons (Fsp3) is 0.312. The van der Waals surface area contributed by atoms with Crippen LogP contribution in [0.4, 0.5) is 0 Å². The third-order valence-corrected chi connectivity index (χ3v) is 5.68. The van der Waals surface area contributed by atoms with E-state index in [9.17, 15) is 0 Å². The third-order valence-electron chi connectivity index (χ3n) is 3.39. The molecule has 0 aliphatic rings. The van der Waals surface area contributed by atoms with Crippen LogP contribution in [0.15, 0.2) is 34.8 Å². The van der Waals surface area contributed by atoms with Gasteiger partial charge in [-0.2, -0.15) is 0 Å². The zero-order valence-electron chi connectivity index (χ0n) is 13.0. The minimum atomic E-state index is 0.723. The van der Waals surface area contributed by atoms with Crippen LogP contribution in [-0.2, 0) is 18.7 Å². The van der Waals surface area contributed by atoms with Gasteiger partial charge in [0, 0.05) is 28.3 Å². The zero-order valence-corrected chi connectivity index (χ0v) is 15.4. The van der Waals surface area contributed by atoms with E-state index in [1.165, 1.54) is 5.01 Å². The quantitative estimate of drug-likeness (QED) is 0.581. The number of benzene rings is 1. The number of aromatic nitrogens is 4. The molecule has 120 valence electrons. The van der Waals surface area contributed by atoms with Gasteiger partial charge in [-0.1, -0.05) is 30.3 Å². The molecule has 0 saturated heterocycles. The van der Waals surface area contributed by atoms with Crippen molar-refractivity contribution < 1.29 is 0 Å². The van der Waals surface area contributed by atoms with Gasteiger partial charge in [0.05, 0.1) is 10.7 Å². The second-order valence-corrected chi connectivity index (χ2v) is 7.25. The Morgan fingerprint density at radius 1 is 1.17 bits per heavy atom. The molecule has 7 heteroatoms. The number of aryl methyl sites for hydroxylation is 1. The van der Waals surface area contributed by atoms with Crippen LogP contribution in [0.2, 0.25) is 5.02 Å². The molecule has 0 fully saturated rings. The molecule has 0 bridgehead atoms. The van der Waals surface area contributed by atoms with Crippen LogP contribution >= 0.6 is 34.7 Å². The molecule has 0 amide bonds. The number of nitrogens with zero attached hydrogens (tertiary/aromatic N) is 4. The molecule has 2 aromatic heterocycles. The van der Waals surface area contributed by atoms with Crippen molar-refractivity contribution in [2.75, 3.05) is 0 Å². The summed E-state index contributed by atoms with van der Waals surface area (Å²) in [4.78, 5) is 4.60. The van der Waals surface area contributed by atoms with E-state index in [4.69, 9.17) is 11.6 Å². The smallest absolute Gasteiger partial charge is 0.191 e. The molecule has 3 rings (SSSR count). The standard InChI is InChI=1S/C16H17ClN4S2/c1-3-14-18-13(9-22-14)10-23-16-20-19-15(21(16)4-2)11-5-7-12(17)8-6-11/h5-9H,3-4,10H2,1-2H3. The van der Waals surface area contributed by atoms with E-state index in [1.54, 1.807) is 23.1 Å². The maximum atomic E-state index is 5.96. The summed E-state index contributed by atoms with van der Waals surface area (Å²) in [5.41, 5.74) is 2.13. The van der Waals surface area contributed by atoms with E-state index in [0.717, 1.165) is 46.0 Å². The molecule has 0 atom stereocenters. The Labute approximate surface area is 148 Å². The molecule has 0 radical (unpaired) electrons. The lowest BCUT2D eigenvalue weighted by molar-refractivity contribution is 0.687. The molecular weight excluding hydrogens is 348 g/mol. The first-order valence-electron chi connectivity index (χ1n) is 7.46. The first-order chi connectivity index (χ1) is 11.2. The van der Waals surface area contributed by atoms with E-state index < -0.39 is 0 Å². The van der Waals surface area contributed by atoms with E-state index >= 15 is 0 Å². The average molecular weight is 365 g/mol. The first kappa shape index (κ1) is 16.5. The Balaban J connectivity index is 1.79. The van der Waals surface area contributed by atoms with Gasteiger partial charge in [-0.05, 0) is 37.6 Å². The van der Waals surface area contributed by atoms with Gasteiger partial charge in [0.25, 0.3) is 0 Å². The molecule has 0 aliphatic heterocycles. The largest absolute Gasteiger partial charge is 0.302 e. The fourth-order valence-electron chi connectivity index (χ4n) is 2.21. The van der Waals surface area contributed by atoms with Crippen molar-refractivity contribution in [3.05, 3.63) is 45.4 Å². The van der Waals surface area contributed by atoms with Gasteiger partial charge in [-0.15, -0.1) is 21.5 Å². The minimum Gasteiger partial charge on any atom is -0.302 e. The molecular formula is C16H17ClN4S2. The number of thiazole rings is 1. The Bertz CT molecular complexity index is 780. The number of hydrogen-bond acceptors (Lipinski definition) is 5. The molecule has 0 aliphatic carbocycles. The van der Waals surface area contributed by atoms with Crippen molar-refractivity contribution in [3.63, 3.8) is 0 Å². The Hall–Kier alpha value is -1.37. The first-order valence-corrected chi connectivity index (χ1v) is 9.70. The summed E-state index contributed by atoms with van der Waals surface area (Å²) in [5.74, 6) is 1.69. The van der Waals surface area contributed by atoms with Crippen molar-refractivity contribution in [1.29, 1.82) is 0 Å². The topological polar surface area (TPSA) is 43.6 Å². The van der Waals surface area contributed by atoms with Crippen LogP contribution in [-0.4, -0.2) is 19.7 Å². The van der Waals surface area contributed by atoms with Crippen molar-refractivity contribution in [3.8, 4) is 11.4 Å². The highest BCUT2D eigenvalue weighted by Gasteiger charge is 2.13. The fourth-order valence-corrected chi connectivity index (χ4v) is 4.08. The normalized spacial score (nSPS) is 11.1. The maximum Gasteiger partial charge on any atom is 0.191 e. The highest BCUT2D eigenvalue weighted by molar-refractivity contribution is 7.98. The highest BCUT2D eigenvalue weighted by atomic mass is 35.5. The van der Waals surface area contributed by atoms with Crippen LogP contribution in [0.3, 0.4) is 0 Å². The number of thioether (sulfide) groups is 1. The SMILES string of the molecule is CCc1nc(CSc2nnc(-c3ccc(Cl)cc3)n2CC)cs1. The molecule has 23 heavy (non-hydrogen) atoms. The van der Waals surface area contributed by atoms with Gasteiger partial charge in [-0.3, -0.25) is 0 Å². The average Bonchev–Trinajstić information content (AvgIpc) is 3.19. The second kappa shape index (κ2) is 7.47. The predicted octanol–water partition coefficient (Wildman–Crippen LogP) is 4.93. The molecule has 3 aromatic rings. The Morgan fingerprint density at radius 3 is 2.61 bits per heavy atom. The molecule has 0 saturated carbocycles. The number of hydrogen-bond donors (Lipinski definition) is 0. The molecule has 0 N–H and O–H groups in total. The maximum absolute atomic E-state index is 5.96. The van der Waals surface area contributed by atoms with Crippen LogP contribution in [0.25, 0.3) is 11.4 Å². The Morgan fingerprint density at radius 2 is 1.96 bits per heavy atom. The van der Waals surface area contributed by atoms with Crippen LogP contribution in [0.5, 0.6) is 0 Å². The van der Waals surface area contributed by atoms with Crippen LogP contribution in [0.1, 0.15) is 24.5 Å². The highest BCUT2D eigenvalue weighted by Crippen LogP contribution is 2.27. The summed E-state index contributed by atoms with van der Waals surface area (Å²) >= 11 is 9.35. The van der Waals surface area contributed by atoms with Crippen LogP contribution in [0, 0.1) is 0 Å². The van der Waals surface area contributed by atoms with E-state index in [0.29, 0.717) is 0 Å². The summed E-state index contributed by atoms with van der Waals surface area (Å²) in [6, 6.07) is 7.70. The second-order valence-electron chi connectivity index (χ2n) is 4.93. The lowest BCUT2D eigenvalue weighted by Crippen LogP contribution is -1.99. The monoisotopic (exact) mass is 364 g/mol. The van der Waals surface area contributed by atoms with Gasteiger partial charge in [-0.25, -0.2) is 4.98 Å². The van der Waals surface area contributed by atoms with Gasteiger partial charge in [0.2, 0.25) is 0 Å². The van der Waals surface area contributed by atoms with Crippen molar-refractivity contribution in [1.82, 2.24) is 19.7 Å². The number of halogens is 1.